The Morgan fingerprint density at radius 3 is 2.75 bits per heavy atom. The first-order valence-electron chi connectivity index (χ1n) is 10.6. The number of nitrogens with zero attached hydrogens (tertiary/aromatic N) is 3. The molecule has 142 valence electrons. The summed E-state index contributed by atoms with van der Waals surface area (Å²) in [7, 11) is 0. The van der Waals surface area contributed by atoms with Gasteiger partial charge in [0.1, 0.15) is 5.82 Å². The predicted octanol–water partition coefficient (Wildman–Crippen LogP) is 4.84. The number of aromatic nitrogens is 3. The zero-order valence-electron chi connectivity index (χ0n) is 16.4. The number of aromatic amines is 1. The van der Waals surface area contributed by atoms with Crippen molar-refractivity contribution in [3.63, 3.8) is 0 Å². The topological polar surface area (TPSA) is 36.9 Å². The summed E-state index contributed by atoms with van der Waals surface area (Å²) in [6.45, 7) is 5.73. The second kappa shape index (κ2) is 6.21. The molecule has 0 spiro atoms. The van der Waals surface area contributed by atoms with Crippen molar-refractivity contribution in [1.29, 1.82) is 0 Å². The van der Waals surface area contributed by atoms with Crippen molar-refractivity contribution in [3.8, 4) is 11.1 Å². The van der Waals surface area contributed by atoms with Crippen LogP contribution in [0, 0.1) is 5.92 Å². The van der Waals surface area contributed by atoms with Crippen LogP contribution in [0.5, 0.6) is 0 Å². The van der Waals surface area contributed by atoms with E-state index < -0.39 is 0 Å². The normalized spacial score (nSPS) is 19.0. The van der Waals surface area contributed by atoms with E-state index in [9.17, 15) is 0 Å². The van der Waals surface area contributed by atoms with Gasteiger partial charge in [-0.05, 0) is 72.5 Å². The van der Waals surface area contributed by atoms with Crippen molar-refractivity contribution in [2.24, 2.45) is 5.92 Å². The number of hydrogen-bond donors (Lipinski definition) is 1. The number of hydrogen-bond acceptors (Lipinski definition) is 2. The van der Waals surface area contributed by atoms with E-state index in [0.29, 0.717) is 0 Å². The van der Waals surface area contributed by atoms with E-state index in [0.717, 1.165) is 43.5 Å². The van der Waals surface area contributed by atoms with Crippen LogP contribution in [-0.2, 0) is 13.0 Å². The molecule has 2 aliphatic rings. The van der Waals surface area contributed by atoms with Crippen molar-refractivity contribution in [1.82, 2.24) is 19.4 Å². The molecule has 0 saturated heterocycles. The highest BCUT2D eigenvalue weighted by Gasteiger charge is 2.32. The molecule has 2 aromatic heterocycles. The van der Waals surface area contributed by atoms with Gasteiger partial charge < -0.3 is 9.55 Å². The predicted molar refractivity (Wildman–Crippen MR) is 114 cm³/mol. The van der Waals surface area contributed by atoms with E-state index in [4.69, 9.17) is 4.98 Å². The Hall–Kier alpha value is -2.59. The molecule has 1 aliphatic carbocycles. The largest absolute Gasteiger partial charge is 0.361 e. The standard InChI is InChI=1S/C24H26N4/c1-16(17-2-3-17)27-11-9-24-26-22-7-5-19(15-23(22)28(24)13-12-27)18-4-6-21-20(14-18)8-10-25-21/h4-8,10,14-17,25H,2-3,9,11-13H2,1H3. The fourth-order valence-corrected chi connectivity index (χ4v) is 4.89. The van der Waals surface area contributed by atoms with Gasteiger partial charge in [0.25, 0.3) is 0 Å². The summed E-state index contributed by atoms with van der Waals surface area (Å²) < 4.78 is 2.47. The molecule has 3 heterocycles. The lowest BCUT2D eigenvalue weighted by Crippen LogP contribution is -2.36. The average Bonchev–Trinajstić information content (AvgIpc) is 3.42. The Morgan fingerprint density at radius 1 is 1.00 bits per heavy atom. The number of nitrogens with one attached hydrogen (secondary N) is 1. The maximum absolute atomic E-state index is 4.98. The van der Waals surface area contributed by atoms with Gasteiger partial charge in [-0.3, -0.25) is 4.90 Å². The van der Waals surface area contributed by atoms with E-state index in [1.165, 1.54) is 46.2 Å². The van der Waals surface area contributed by atoms with E-state index in [1.54, 1.807) is 0 Å². The van der Waals surface area contributed by atoms with Crippen LogP contribution >= 0.6 is 0 Å². The summed E-state index contributed by atoms with van der Waals surface area (Å²) in [4.78, 5) is 10.9. The van der Waals surface area contributed by atoms with E-state index >= 15 is 0 Å². The minimum atomic E-state index is 0.722. The molecule has 2 aromatic carbocycles. The highest BCUT2D eigenvalue weighted by atomic mass is 15.2. The lowest BCUT2D eigenvalue weighted by atomic mass is 10.0. The number of benzene rings is 2. The monoisotopic (exact) mass is 370 g/mol. The fourth-order valence-electron chi connectivity index (χ4n) is 4.89. The molecular formula is C24H26N4. The molecule has 4 heteroatoms. The highest BCUT2D eigenvalue weighted by Crippen LogP contribution is 2.36. The van der Waals surface area contributed by atoms with Gasteiger partial charge >= 0.3 is 0 Å². The Labute approximate surface area is 165 Å². The Bertz CT molecular complexity index is 1160. The summed E-state index contributed by atoms with van der Waals surface area (Å²) in [6, 6.07) is 16.2. The summed E-state index contributed by atoms with van der Waals surface area (Å²) in [5.41, 5.74) is 6.13. The SMILES string of the molecule is CC(C1CC1)N1CCc2nc3ccc(-c4ccc5[nH]ccc5c4)cc3n2CC1. The molecule has 4 aromatic rings. The first-order chi connectivity index (χ1) is 13.8. The minimum Gasteiger partial charge on any atom is -0.361 e. The van der Waals surface area contributed by atoms with Crippen molar-refractivity contribution >= 4 is 21.9 Å². The second-order valence-electron chi connectivity index (χ2n) is 8.53. The zero-order valence-corrected chi connectivity index (χ0v) is 16.4. The van der Waals surface area contributed by atoms with E-state index in [1.807, 2.05) is 6.20 Å². The molecule has 1 unspecified atom stereocenters. The molecule has 1 saturated carbocycles. The van der Waals surface area contributed by atoms with Crippen molar-refractivity contribution < 1.29 is 0 Å². The van der Waals surface area contributed by atoms with Gasteiger partial charge in [0.15, 0.2) is 0 Å². The van der Waals surface area contributed by atoms with Crippen molar-refractivity contribution in [3.05, 3.63) is 54.5 Å². The molecule has 4 nitrogen and oxygen atoms in total. The smallest absolute Gasteiger partial charge is 0.111 e. The number of rotatable bonds is 3. The molecule has 1 fully saturated rings. The van der Waals surface area contributed by atoms with Gasteiger partial charge in [0.2, 0.25) is 0 Å². The fraction of sp³-hybridized carbons (Fsp3) is 0.375. The third-order valence-corrected chi connectivity index (χ3v) is 6.83. The molecule has 0 bridgehead atoms. The summed E-state index contributed by atoms with van der Waals surface area (Å²) in [6.07, 6.45) is 5.89. The summed E-state index contributed by atoms with van der Waals surface area (Å²) in [5, 5.41) is 1.26. The maximum atomic E-state index is 4.98. The quantitative estimate of drug-likeness (QED) is 0.560. The van der Waals surface area contributed by atoms with Crippen LogP contribution in [0.3, 0.4) is 0 Å². The third kappa shape index (κ3) is 2.67. The molecular weight excluding hydrogens is 344 g/mol. The molecule has 6 rings (SSSR count). The Kier molecular flexibility index (Phi) is 3.63. The van der Waals surface area contributed by atoms with Gasteiger partial charge in [-0.2, -0.15) is 0 Å². The summed E-state index contributed by atoms with van der Waals surface area (Å²) in [5.74, 6) is 2.18. The maximum Gasteiger partial charge on any atom is 0.111 e. The molecule has 1 aliphatic heterocycles. The first kappa shape index (κ1) is 16.4. The summed E-state index contributed by atoms with van der Waals surface area (Å²) >= 11 is 0. The van der Waals surface area contributed by atoms with Gasteiger partial charge in [-0.15, -0.1) is 0 Å². The van der Waals surface area contributed by atoms with Crippen LogP contribution in [0.15, 0.2) is 48.7 Å². The second-order valence-corrected chi connectivity index (χ2v) is 8.53. The zero-order chi connectivity index (χ0) is 18.7. The van der Waals surface area contributed by atoms with Crippen molar-refractivity contribution in [2.75, 3.05) is 13.1 Å². The third-order valence-electron chi connectivity index (χ3n) is 6.83. The molecule has 1 N–H and O–H groups in total. The van der Waals surface area contributed by atoms with Gasteiger partial charge in [0.05, 0.1) is 11.0 Å². The molecule has 1 atom stereocenters. The minimum absolute atomic E-state index is 0.722. The van der Waals surface area contributed by atoms with Crippen LogP contribution in [0.1, 0.15) is 25.6 Å². The average molecular weight is 371 g/mol. The molecule has 0 amide bonds. The van der Waals surface area contributed by atoms with Crippen LogP contribution < -0.4 is 0 Å². The Balaban J connectivity index is 1.36. The molecule has 0 radical (unpaired) electrons. The van der Waals surface area contributed by atoms with Gasteiger partial charge in [-0.25, -0.2) is 4.98 Å². The highest BCUT2D eigenvalue weighted by molar-refractivity contribution is 5.88. The lowest BCUT2D eigenvalue weighted by Gasteiger charge is -2.27. The lowest BCUT2D eigenvalue weighted by molar-refractivity contribution is 0.194. The van der Waals surface area contributed by atoms with Crippen LogP contribution in [0.25, 0.3) is 33.1 Å². The van der Waals surface area contributed by atoms with E-state index in [-0.39, 0.29) is 0 Å². The van der Waals surface area contributed by atoms with Gasteiger partial charge in [-0.1, -0.05) is 12.1 Å². The number of fused-ring (bicyclic) bond motifs is 4. The van der Waals surface area contributed by atoms with Crippen LogP contribution in [0.4, 0.5) is 0 Å². The van der Waals surface area contributed by atoms with Crippen molar-refractivity contribution in [2.45, 2.75) is 38.8 Å². The van der Waals surface area contributed by atoms with Crippen LogP contribution in [-0.4, -0.2) is 38.6 Å². The van der Waals surface area contributed by atoms with Crippen LogP contribution in [0.2, 0.25) is 0 Å². The number of imidazole rings is 1. The Morgan fingerprint density at radius 2 is 1.86 bits per heavy atom. The van der Waals surface area contributed by atoms with E-state index in [2.05, 4.69) is 63.8 Å². The van der Waals surface area contributed by atoms with Gasteiger partial charge in [0, 0.05) is 43.8 Å². The number of H-pyrrole nitrogens is 1. The molecule has 28 heavy (non-hydrogen) atoms. The first-order valence-corrected chi connectivity index (χ1v) is 10.6.